The molecule has 15 heavy (non-hydrogen) atoms. The smallest absolute Gasteiger partial charge is 0.0760 e. The Morgan fingerprint density at radius 2 is 1.53 bits per heavy atom. The molecule has 90 valence electrons. The van der Waals surface area contributed by atoms with Crippen LogP contribution < -0.4 is 0 Å². The lowest BCUT2D eigenvalue weighted by atomic mass is 9.98. The summed E-state index contributed by atoms with van der Waals surface area (Å²) in [5.41, 5.74) is 0.0158. The predicted octanol–water partition coefficient (Wildman–Crippen LogP) is 3.07. The van der Waals surface area contributed by atoms with Crippen molar-refractivity contribution in [2.24, 2.45) is 0 Å². The van der Waals surface area contributed by atoms with Gasteiger partial charge in [-0.3, -0.25) is 4.90 Å². The number of ether oxygens (including phenoxy) is 1. The van der Waals surface area contributed by atoms with E-state index < -0.39 is 0 Å². The van der Waals surface area contributed by atoms with E-state index in [2.05, 4.69) is 39.5 Å². The topological polar surface area (TPSA) is 12.5 Å². The quantitative estimate of drug-likeness (QED) is 0.665. The summed E-state index contributed by atoms with van der Waals surface area (Å²) in [5, 5.41) is 0. The number of morpholine rings is 1. The van der Waals surface area contributed by atoms with Crippen molar-refractivity contribution in [3.63, 3.8) is 0 Å². The molecule has 1 fully saturated rings. The summed E-state index contributed by atoms with van der Waals surface area (Å²) in [6, 6.07) is 0. The zero-order valence-electron chi connectivity index (χ0n) is 11.1. The highest BCUT2D eigenvalue weighted by Crippen LogP contribution is 2.28. The fourth-order valence-corrected chi connectivity index (χ4v) is 2.69. The molecule has 0 aromatic rings. The maximum absolute atomic E-state index is 6.06. The van der Waals surface area contributed by atoms with Gasteiger partial charge in [0.15, 0.2) is 0 Å². The second-order valence-corrected chi connectivity index (χ2v) is 6.04. The van der Waals surface area contributed by atoms with E-state index in [1.54, 1.807) is 0 Å². The van der Waals surface area contributed by atoms with E-state index in [1.165, 1.54) is 25.8 Å². The van der Waals surface area contributed by atoms with E-state index in [4.69, 9.17) is 4.74 Å². The Morgan fingerprint density at radius 3 is 2.00 bits per heavy atom. The Balaban J connectivity index is 2.44. The largest absolute Gasteiger partial charge is 0.367 e. The molecule has 1 aliphatic rings. The molecule has 0 aromatic carbocycles. The van der Waals surface area contributed by atoms with E-state index in [-0.39, 0.29) is 11.2 Å². The average Bonchev–Trinajstić information content (AvgIpc) is 1.98. The lowest BCUT2D eigenvalue weighted by Crippen LogP contribution is -2.57. The van der Waals surface area contributed by atoms with Gasteiger partial charge < -0.3 is 4.74 Å². The van der Waals surface area contributed by atoms with Crippen LogP contribution in [0, 0.1) is 0 Å². The molecular weight excluding hydrogens is 186 g/mol. The predicted molar refractivity (Wildman–Crippen MR) is 65.2 cm³/mol. The molecule has 0 saturated carbocycles. The van der Waals surface area contributed by atoms with Crippen LogP contribution in [0.1, 0.15) is 53.9 Å². The Bertz CT molecular complexity index is 183. The Kier molecular flexibility index (Phi) is 4.19. The molecule has 1 saturated heterocycles. The van der Waals surface area contributed by atoms with Crippen molar-refractivity contribution in [3.8, 4) is 0 Å². The number of rotatable bonds is 4. The minimum Gasteiger partial charge on any atom is -0.367 e. The fraction of sp³-hybridized carbons (Fsp3) is 1.00. The molecule has 0 bridgehead atoms. The molecule has 0 aliphatic carbocycles. The van der Waals surface area contributed by atoms with Crippen LogP contribution in [0.3, 0.4) is 0 Å². The Morgan fingerprint density at radius 1 is 1.00 bits per heavy atom. The van der Waals surface area contributed by atoms with Crippen LogP contribution in [-0.2, 0) is 4.74 Å². The number of hydrogen-bond donors (Lipinski definition) is 0. The van der Waals surface area contributed by atoms with Gasteiger partial charge >= 0.3 is 0 Å². The fourth-order valence-electron chi connectivity index (χ4n) is 2.69. The molecule has 0 unspecified atom stereocenters. The van der Waals surface area contributed by atoms with E-state index in [9.17, 15) is 0 Å². The molecule has 0 radical (unpaired) electrons. The number of hydrogen-bond acceptors (Lipinski definition) is 2. The van der Waals surface area contributed by atoms with Gasteiger partial charge in [0, 0.05) is 13.1 Å². The SMILES string of the molecule is CCCCCN1CC(C)(C)OC(C)(C)C1. The van der Waals surface area contributed by atoms with E-state index in [1.807, 2.05) is 0 Å². The van der Waals surface area contributed by atoms with Crippen LogP contribution in [0.2, 0.25) is 0 Å². The highest BCUT2D eigenvalue weighted by molar-refractivity contribution is 4.88. The highest BCUT2D eigenvalue weighted by atomic mass is 16.5. The summed E-state index contributed by atoms with van der Waals surface area (Å²) >= 11 is 0. The summed E-state index contributed by atoms with van der Waals surface area (Å²) in [5.74, 6) is 0. The van der Waals surface area contributed by atoms with Gasteiger partial charge in [-0.05, 0) is 40.7 Å². The second kappa shape index (κ2) is 4.84. The Labute approximate surface area is 95.0 Å². The lowest BCUT2D eigenvalue weighted by molar-refractivity contribution is -0.180. The van der Waals surface area contributed by atoms with Gasteiger partial charge in [0.25, 0.3) is 0 Å². The van der Waals surface area contributed by atoms with Crippen molar-refractivity contribution >= 4 is 0 Å². The van der Waals surface area contributed by atoms with Gasteiger partial charge in [0.05, 0.1) is 11.2 Å². The molecule has 0 N–H and O–H groups in total. The molecule has 2 nitrogen and oxygen atoms in total. The van der Waals surface area contributed by atoms with Crippen molar-refractivity contribution in [2.45, 2.75) is 65.1 Å². The van der Waals surface area contributed by atoms with Crippen molar-refractivity contribution < 1.29 is 4.74 Å². The summed E-state index contributed by atoms with van der Waals surface area (Å²) in [4.78, 5) is 2.55. The zero-order chi connectivity index (χ0) is 11.5. The van der Waals surface area contributed by atoms with Crippen LogP contribution in [0.5, 0.6) is 0 Å². The number of nitrogens with zero attached hydrogens (tertiary/aromatic N) is 1. The zero-order valence-corrected chi connectivity index (χ0v) is 11.1. The van der Waals surface area contributed by atoms with Crippen LogP contribution >= 0.6 is 0 Å². The van der Waals surface area contributed by atoms with Crippen LogP contribution in [0.4, 0.5) is 0 Å². The van der Waals surface area contributed by atoms with Gasteiger partial charge in [-0.25, -0.2) is 0 Å². The molecular formula is C13H27NO. The molecule has 0 amide bonds. The Hall–Kier alpha value is -0.0800. The summed E-state index contributed by atoms with van der Waals surface area (Å²) in [6.07, 6.45) is 3.97. The van der Waals surface area contributed by atoms with Gasteiger partial charge in [-0.2, -0.15) is 0 Å². The molecule has 0 atom stereocenters. The van der Waals surface area contributed by atoms with Gasteiger partial charge in [-0.1, -0.05) is 19.8 Å². The standard InChI is InChI=1S/C13H27NO/c1-6-7-8-9-14-10-12(2,3)15-13(4,5)11-14/h6-11H2,1-5H3. The summed E-state index contributed by atoms with van der Waals surface area (Å²) in [7, 11) is 0. The van der Waals surface area contributed by atoms with Crippen LogP contribution in [0.25, 0.3) is 0 Å². The van der Waals surface area contributed by atoms with Crippen molar-refractivity contribution in [1.29, 1.82) is 0 Å². The third kappa shape index (κ3) is 4.52. The maximum Gasteiger partial charge on any atom is 0.0760 e. The molecule has 1 aliphatic heterocycles. The third-order valence-electron chi connectivity index (χ3n) is 2.84. The van der Waals surface area contributed by atoms with Gasteiger partial charge in [0.1, 0.15) is 0 Å². The van der Waals surface area contributed by atoms with Crippen LogP contribution in [-0.4, -0.2) is 35.7 Å². The first-order valence-corrected chi connectivity index (χ1v) is 6.27. The van der Waals surface area contributed by atoms with E-state index in [0.717, 1.165) is 13.1 Å². The lowest BCUT2D eigenvalue weighted by Gasteiger charge is -2.47. The van der Waals surface area contributed by atoms with Crippen LogP contribution in [0.15, 0.2) is 0 Å². The minimum atomic E-state index is 0.00790. The van der Waals surface area contributed by atoms with Gasteiger partial charge in [-0.15, -0.1) is 0 Å². The van der Waals surface area contributed by atoms with Crippen molar-refractivity contribution in [1.82, 2.24) is 4.90 Å². The monoisotopic (exact) mass is 213 g/mol. The first kappa shape index (κ1) is 13.0. The highest BCUT2D eigenvalue weighted by Gasteiger charge is 2.37. The minimum absolute atomic E-state index is 0.00790. The third-order valence-corrected chi connectivity index (χ3v) is 2.84. The molecule has 1 rings (SSSR count). The second-order valence-electron chi connectivity index (χ2n) is 6.04. The number of unbranched alkanes of at least 4 members (excludes halogenated alkanes) is 2. The van der Waals surface area contributed by atoms with Crippen molar-refractivity contribution in [2.75, 3.05) is 19.6 Å². The van der Waals surface area contributed by atoms with Gasteiger partial charge in [0.2, 0.25) is 0 Å². The summed E-state index contributed by atoms with van der Waals surface area (Å²) in [6.45, 7) is 14.4. The normalized spacial score (nSPS) is 25.4. The van der Waals surface area contributed by atoms with Crippen molar-refractivity contribution in [3.05, 3.63) is 0 Å². The average molecular weight is 213 g/mol. The van der Waals surface area contributed by atoms with E-state index in [0.29, 0.717) is 0 Å². The molecule has 0 spiro atoms. The molecule has 2 heteroatoms. The first-order valence-electron chi connectivity index (χ1n) is 6.27. The summed E-state index contributed by atoms with van der Waals surface area (Å²) < 4.78 is 6.06. The maximum atomic E-state index is 6.06. The first-order chi connectivity index (χ1) is 6.85. The molecule has 0 aromatic heterocycles. The van der Waals surface area contributed by atoms with E-state index >= 15 is 0 Å². The molecule has 1 heterocycles.